The second kappa shape index (κ2) is 9.45. The van der Waals surface area contributed by atoms with Gasteiger partial charge in [-0.05, 0) is 61.0 Å². The molecule has 2 aromatic carbocycles. The third-order valence-electron chi connectivity index (χ3n) is 6.56. The number of hydrogen-bond donors (Lipinski definition) is 0. The quantitative estimate of drug-likeness (QED) is 0.409. The van der Waals surface area contributed by atoms with Gasteiger partial charge in [-0.15, -0.1) is 0 Å². The third-order valence-corrected chi connectivity index (χ3v) is 10.2. The van der Waals surface area contributed by atoms with Gasteiger partial charge in [0.15, 0.2) is 5.79 Å². The van der Waals surface area contributed by atoms with Gasteiger partial charge in [0.2, 0.25) is 0 Å². The summed E-state index contributed by atoms with van der Waals surface area (Å²) in [4.78, 5) is 0. The van der Waals surface area contributed by atoms with E-state index in [1.807, 2.05) is 6.07 Å². The average molecular weight is 485 g/mol. The Morgan fingerprint density at radius 2 is 1.24 bits per heavy atom. The minimum absolute atomic E-state index is 0.0322. The fourth-order valence-corrected chi connectivity index (χ4v) is 10.5. The first-order valence-corrected chi connectivity index (χ1v) is 13.9. The molecule has 2 aliphatic rings. The van der Waals surface area contributed by atoms with Crippen molar-refractivity contribution in [3.8, 4) is 22.6 Å². The van der Waals surface area contributed by atoms with Gasteiger partial charge in [-0.2, -0.15) is 0 Å². The molecule has 0 unspecified atom stereocenters. The Morgan fingerprint density at radius 3 is 1.74 bits per heavy atom. The highest BCUT2D eigenvalue weighted by Crippen LogP contribution is 2.69. The summed E-state index contributed by atoms with van der Waals surface area (Å²) in [6.45, 7) is 19.3. The zero-order valence-electron chi connectivity index (χ0n) is 22.1. The molecule has 2 aliphatic heterocycles. The van der Waals surface area contributed by atoms with Crippen LogP contribution >= 0.6 is 7.92 Å². The third kappa shape index (κ3) is 5.01. The fourth-order valence-electron chi connectivity index (χ4n) is 6.07. The lowest BCUT2D eigenvalue weighted by Crippen LogP contribution is -2.52. The topological polar surface area (TPSA) is 36.9 Å². The van der Waals surface area contributed by atoms with E-state index in [9.17, 15) is 0 Å². The molecular weight excluding hydrogens is 443 g/mol. The fraction of sp³-hybridized carbons (Fsp3) is 0.586. The molecule has 0 N–H and O–H groups in total. The minimum atomic E-state index is -0.576. The van der Waals surface area contributed by atoms with Crippen LogP contribution in [0.3, 0.4) is 0 Å². The Balaban J connectivity index is 1.88. The van der Waals surface area contributed by atoms with Gasteiger partial charge < -0.3 is 18.9 Å². The van der Waals surface area contributed by atoms with Crippen molar-refractivity contribution in [2.75, 3.05) is 13.2 Å². The van der Waals surface area contributed by atoms with Crippen molar-refractivity contribution in [1.29, 1.82) is 0 Å². The largest absolute Gasteiger partial charge is 0.490 e. The summed E-state index contributed by atoms with van der Waals surface area (Å²) in [7, 11) is -0.576. The molecule has 4 nitrogen and oxygen atoms in total. The lowest BCUT2D eigenvalue weighted by Gasteiger charge is -2.55. The van der Waals surface area contributed by atoms with E-state index in [1.54, 1.807) is 0 Å². The molecule has 0 radical (unpaired) electrons. The summed E-state index contributed by atoms with van der Waals surface area (Å²) in [6, 6.07) is 15.0. The van der Waals surface area contributed by atoms with Crippen LogP contribution in [-0.2, 0) is 9.47 Å². The second-order valence-electron chi connectivity index (χ2n) is 11.4. The normalized spacial score (nSPS) is 21.4. The lowest BCUT2D eigenvalue weighted by atomic mass is 9.91. The first-order valence-electron chi connectivity index (χ1n) is 12.6. The van der Waals surface area contributed by atoms with E-state index in [0.717, 1.165) is 29.9 Å². The van der Waals surface area contributed by atoms with Crippen LogP contribution in [0.4, 0.5) is 0 Å². The molecule has 2 saturated heterocycles. The first kappa shape index (κ1) is 25.5. The molecule has 2 heterocycles. The predicted molar refractivity (Wildman–Crippen MR) is 142 cm³/mol. The summed E-state index contributed by atoms with van der Waals surface area (Å²) in [5, 5.41) is 1.46. The minimum Gasteiger partial charge on any atom is -0.490 e. The van der Waals surface area contributed by atoms with Gasteiger partial charge in [-0.1, -0.05) is 65.9 Å². The van der Waals surface area contributed by atoms with Gasteiger partial charge in [0.1, 0.15) is 11.5 Å². The van der Waals surface area contributed by atoms with Crippen LogP contribution in [0, 0.1) is 0 Å². The molecule has 0 aliphatic carbocycles. The molecule has 2 fully saturated rings. The molecule has 186 valence electrons. The van der Waals surface area contributed by atoms with E-state index in [0.29, 0.717) is 13.2 Å². The highest BCUT2D eigenvalue weighted by atomic mass is 31.1. The van der Waals surface area contributed by atoms with Crippen molar-refractivity contribution in [1.82, 2.24) is 0 Å². The number of hydrogen-bond acceptors (Lipinski definition) is 4. The van der Waals surface area contributed by atoms with Crippen LogP contribution in [-0.4, -0.2) is 41.5 Å². The van der Waals surface area contributed by atoms with Crippen LogP contribution in [0.2, 0.25) is 0 Å². The Bertz CT molecular complexity index is 957. The Kier molecular flexibility index (Phi) is 7.08. The monoisotopic (exact) mass is 484 g/mol. The van der Waals surface area contributed by atoms with Crippen molar-refractivity contribution in [2.45, 2.75) is 96.5 Å². The van der Waals surface area contributed by atoms with E-state index in [-0.39, 0.29) is 22.5 Å². The summed E-state index contributed by atoms with van der Waals surface area (Å²) in [5.41, 5.74) is 2.27. The molecule has 5 heteroatoms. The van der Waals surface area contributed by atoms with E-state index in [4.69, 9.17) is 18.9 Å². The average Bonchev–Trinajstić information content (AvgIpc) is 3.12. The van der Waals surface area contributed by atoms with Crippen LogP contribution in [0.5, 0.6) is 11.5 Å². The second-order valence-corrected chi connectivity index (χ2v) is 15.0. The molecule has 4 rings (SSSR count). The molecule has 0 aromatic heterocycles. The van der Waals surface area contributed by atoms with Crippen LogP contribution in [0.1, 0.15) is 68.2 Å². The number of ether oxygens (including phenoxy) is 4. The standard InChI is InChI=1S/C29H41O4P/c1-20(2)32-23-13-11-14-24(33-21(3)4)26(23)22-12-9-10-15-25(22)34-27(5,6)18-29(19-28(34,7)8)30-16-17-31-29/h9-15,20-21H,16-19H2,1-8H3. The molecule has 0 saturated carbocycles. The Hall–Kier alpha value is -1.61. The van der Waals surface area contributed by atoms with Crippen LogP contribution < -0.4 is 14.8 Å². The van der Waals surface area contributed by atoms with E-state index >= 15 is 0 Å². The maximum Gasteiger partial charge on any atom is 0.170 e. The van der Waals surface area contributed by atoms with Gasteiger partial charge in [0.25, 0.3) is 0 Å². The van der Waals surface area contributed by atoms with Gasteiger partial charge in [-0.25, -0.2) is 0 Å². The van der Waals surface area contributed by atoms with E-state index in [2.05, 4.69) is 91.8 Å². The molecule has 0 atom stereocenters. The van der Waals surface area contributed by atoms with Crippen molar-refractivity contribution in [2.24, 2.45) is 0 Å². The van der Waals surface area contributed by atoms with E-state index in [1.165, 1.54) is 10.9 Å². The summed E-state index contributed by atoms with van der Waals surface area (Å²) in [5.74, 6) is 1.30. The highest BCUT2D eigenvalue weighted by Gasteiger charge is 2.57. The Morgan fingerprint density at radius 1 is 0.735 bits per heavy atom. The van der Waals surface area contributed by atoms with Gasteiger partial charge in [-0.3, -0.25) is 0 Å². The molecular formula is C29H41O4P. The first-order chi connectivity index (χ1) is 15.9. The molecule has 0 bridgehead atoms. The van der Waals surface area contributed by atoms with Crippen molar-refractivity contribution >= 4 is 13.2 Å². The highest BCUT2D eigenvalue weighted by molar-refractivity contribution is 7.69. The Labute approximate surface area is 207 Å². The van der Waals surface area contributed by atoms with Gasteiger partial charge in [0.05, 0.1) is 31.0 Å². The molecule has 1 spiro atoms. The smallest absolute Gasteiger partial charge is 0.170 e. The number of rotatable bonds is 6. The summed E-state index contributed by atoms with van der Waals surface area (Å²) in [6.07, 6.45) is 1.96. The molecule has 34 heavy (non-hydrogen) atoms. The summed E-state index contributed by atoms with van der Waals surface area (Å²) < 4.78 is 25.1. The van der Waals surface area contributed by atoms with Crippen molar-refractivity contribution < 1.29 is 18.9 Å². The molecule has 0 amide bonds. The van der Waals surface area contributed by atoms with Gasteiger partial charge in [0, 0.05) is 12.8 Å². The SMILES string of the molecule is CC(C)Oc1cccc(OC(C)C)c1-c1ccccc1P1C(C)(C)CC2(CC1(C)C)OCCO2. The number of benzene rings is 2. The van der Waals surface area contributed by atoms with Crippen molar-refractivity contribution in [3.05, 3.63) is 42.5 Å². The lowest BCUT2D eigenvalue weighted by molar-refractivity contribution is -0.178. The summed E-state index contributed by atoms with van der Waals surface area (Å²) >= 11 is 0. The maximum atomic E-state index is 6.33. The van der Waals surface area contributed by atoms with Crippen LogP contribution in [0.15, 0.2) is 42.5 Å². The maximum absolute atomic E-state index is 6.33. The van der Waals surface area contributed by atoms with E-state index < -0.39 is 13.7 Å². The zero-order valence-corrected chi connectivity index (χ0v) is 23.0. The van der Waals surface area contributed by atoms with Crippen LogP contribution in [0.25, 0.3) is 11.1 Å². The van der Waals surface area contributed by atoms with Gasteiger partial charge >= 0.3 is 0 Å². The molecule has 2 aromatic rings. The zero-order chi connectivity index (χ0) is 24.7. The van der Waals surface area contributed by atoms with Crippen molar-refractivity contribution in [3.63, 3.8) is 0 Å². The predicted octanol–water partition coefficient (Wildman–Crippen LogP) is 7.13.